The van der Waals surface area contributed by atoms with Gasteiger partial charge in [-0.2, -0.15) is 0 Å². The van der Waals surface area contributed by atoms with Gasteiger partial charge in [0.2, 0.25) is 0 Å². The van der Waals surface area contributed by atoms with Gasteiger partial charge in [-0.3, -0.25) is 0 Å². The molecule has 2 nitrogen and oxygen atoms in total. The van der Waals surface area contributed by atoms with Gasteiger partial charge in [-0.05, 0) is 12.5 Å². The summed E-state index contributed by atoms with van der Waals surface area (Å²) in [6, 6.07) is 8.19. The molecule has 1 aromatic carbocycles. The van der Waals surface area contributed by atoms with Crippen molar-refractivity contribution in [3.8, 4) is 0 Å². The van der Waals surface area contributed by atoms with Gasteiger partial charge < -0.3 is 9.15 Å². The molecule has 0 saturated carbocycles. The van der Waals surface area contributed by atoms with Gasteiger partial charge in [0.05, 0.1) is 6.61 Å². The Labute approximate surface area is 103 Å². The molecule has 1 heterocycles. The molecule has 92 valence electrons. The van der Waals surface area contributed by atoms with Crippen LogP contribution in [-0.4, -0.2) is 7.11 Å². The first-order valence-corrected chi connectivity index (χ1v) is 6.35. The monoisotopic (exact) mass is 232 g/mol. The Morgan fingerprint density at radius 3 is 2.76 bits per heavy atom. The number of rotatable bonds is 6. The van der Waals surface area contributed by atoms with Crippen LogP contribution in [0.25, 0.3) is 11.0 Å². The Bertz CT molecular complexity index is 471. The molecule has 2 rings (SSSR count). The summed E-state index contributed by atoms with van der Waals surface area (Å²) >= 11 is 0. The number of methoxy groups -OCH3 is 1. The minimum absolute atomic E-state index is 0.637. The summed E-state index contributed by atoms with van der Waals surface area (Å²) in [5, 5.41) is 1.20. The third kappa shape index (κ3) is 2.70. The van der Waals surface area contributed by atoms with Crippen LogP contribution in [-0.2, 0) is 17.8 Å². The quantitative estimate of drug-likeness (QED) is 0.692. The molecule has 0 aliphatic heterocycles. The lowest BCUT2D eigenvalue weighted by molar-refractivity contribution is 0.184. The Morgan fingerprint density at radius 1 is 1.18 bits per heavy atom. The summed E-state index contributed by atoms with van der Waals surface area (Å²) in [5.41, 5.74) is 2.20. The Hall–Kier alpha value is -1.28. The van der Waals surface area contributed by atoms with Crippen molar-refractivity contribution >= 4 is 11.0 Å². The zero-order valence-corrected chi connectivity index (χ0v) is 10.7. The molecular weight excluding hydrogens is 212 g/mol. The standard InChI is InChI=1S/C15H20O2/c1-3-4-5-9-15-13(11-16-2)12-8-6-7-10-14(12)17-15/h6-8,10H,3-5,9,11H2,1-2H3. The third-order valence-electron chi connectivity index (χ3n) is 3.08. The smallest absolute Gasteiger partial charge is 0.134 e. The molecule has 0 bridgehead atoms. The van der Waals surface area contributed by atoms with E-state index in [0.29, 0.717) is 6.61 Å². The molecule has 0 radical (unpaired) electrons. The fraction of sp³-hybridized carbons (Fsp3) is 0.467. The van der Waals surface area contributed by atoms with Crippen LogP contribution in [0.1, 0.15) is 37.5 Å². The number of hydrogen-bond donors (Lipinski definition) is 0. The predicted molar refractivity (Wildman–Crippen MR) is 70.2 cm³/mol. The number of para-hydroxylation sites is 1. The summed E-state index contributed by atoms with van der Waals surface area (Å²) in [5.74, 6) is 1.10. The fourth-order valence-corrected chi connectivity index (χ4v) is 2.19. The van der Waals surface area contributed by atoms with Crippen molar-refractivity contribution in [1.29, 1.82) is 0 Å². The van der Waals surface area contributed by atoms with E-state index >= 15 is 0 Å². The van der Waals surface area contributed by atoms with Gasteiger partial charge in [0.25, 0.3) is 0 Å². The summed E-state index contributed by atoms with van der Waals surface area (Å²) < 4.78 is 11.2. The SMILES string of the molecule is CCCCCc1oc2ccccc2c1COC. The van der Waals surface area contributed by atoms with Crippen molar-refractivity contribution in [3.05, 3.63) is 35.6 Å². The minimum Gasteiger partial charge on any atom is -0.461 e. The summed E-state index contributed by atoms with van der Waals surface area (Å²) in [6.45, 7) is 2.85. The van der Waals surface area contributed by atoms with Crippen LogP contribution in [0.3, 0.4) is 0 Å². The largest absolute Gasteiger partial charge is 0.461 e. The van der Waals surface area contributed by atoms with Crippen LogP contribution in [0.4, 0.5) is 0 Å². The Kier molecular flexibility index (Phi) is 4.21. The van der Waals surface area contributed by atoms with E-state index in [2.05, 4.69) is 13.0 Å². The highest BCUT2D eigenvalue weighted by Gasteiger charge is 2.12. The number of ether oxygens (including phenoxy) is 1. The molecule has 0 aliphatic carbocycles. The fourth-order valence-electron chi connectivity index (χ4n) is 2.19. The van der Waals surface area contributed by atoms with E-state index in [0.717, 1.165) is 17.8 Å². The van der Waals surface area contributed by atoms with Crippen molar-refractivity contribution in [1.82, 2.24) is 0 Å². The van der Waals surface area contributed by atoms with Gasteiger partial charge in [-0.15, -0.1) is 0 Å². The third-order valence-corrected chi connectivity index (χ3v) is 3.08. The number of unbranched alkanes of at least 4 members (excludes halogenated alkanes) is 2. The molecule has 0 spiro atoms. The van der Waals surface area contributed by atoms with Crippen LogP contribution >= 0.6 is 0 Å². The highest BCUT2D eigenvalue weighted by Crippen LogP contribution is 2.27. The van der Waals surface area contributed by atoms with Gasteiger partial charge >= 0.3 is 0 Å². The van der Waals surface area contributed by atoms with Crippen molar-refractivity contribution in [2.24, 2.45) is 0 Å². The first kappa shape index (κ1) is 12.2. The van der Waals surface area contributed by atoms with E-state index in [1.165, 1.54) is 30.2 Å². The zero-order valence-electron chi connectivity index (χ0n) is 10.7. The average molecular weight is 232 g/mol. The van der Waals surface area contributed by atoms with Gasteiger partial charge in [-0.1, -0.05) is 38.0 Å². The van der Waals surface area contributed by atoms with E-state index in [1.54, 1.807) is 7.11 Å². The summed E-state index contributed by atoms with van der Waals surface area (Å²) in [7, 11) is 1.73. The molecule has 0 amide bonds. The van der Waals surface area contributed by atoms with Gasteiger partial charge in [0, 0.05) is 24.5 Å². The summed E-state index contributed by atoms with van der Waals surface area (Å²) in [6.07, 6.45) is 4.69. The zero-order chi connectivity index (χ0) is 12.1. The normalized spacial score (nSPS) is 11.2. The molecule has 0 unspecified atom stereocenters. The first-order valence-electron chi connectivity index (χ1n) is 6.35. The van der Waals surface area contributed by atoms with E-state index in [9.17, 15) is 0 Å². The van der Waals surface area contributed by atoms with Crippen LogP contribution in [0.2, 0.25) is 0 Å². The van der Waals surface area contributed by atoms with Crippen molar-refractivity contribution in [2.75, 3.05) is 7.11 Å². The molecule has 0 fully saturated rings. The molecular formula is C15H20O2. The van der Waals surface area contributed by atoms with E-state index in [-0.39, 0.29) is 0 Å². The predicted octanol–water partition coefficient (Wildman–Crippen LogP) is 4.31. The van der Waals surface area contributed by atoms with Gasteiger partial charge in [-0.25, -0.2) is 0 Å². The minimum atomic E-state index is 0.637. The first-order chi connectivity index (χ1) is 8.36. The van der Waals surface area contributed by atoms with Crippen LogP contribution in [0.5, 0.6) is 0 Å². The molecule has 0 saturated heterocycles. The second-order valence-electron chi connectivity index (χ2n) is 4.39. The van der Waals surface area contributed by atoms with E-state index in [1.807, 2.05) is 18.2 Å². The lowest BCUT2D eigenvalue weighted by Crippen LogP contribution is -1.92. The molecule has 2 heteroatoms. The number of hydrogen-bond acceptors (Lipinski definition) is 2. The molecule has 17 heavy (non-hydrogen) atoms. The number of aryl methyl sites for hydroxylation is 1. The van der Waals surface area contributed by atoms with Crippen LogP contribution in [0.15, 0.2) is 28.7 Å². The van der Waals surface area contributed by atoms with Crippen molar-refractivity contribution in [3.63, 3.8) is 0 Å². The maximum Gasteiger partial charge on any atom is 0.134 e. The van der Waals surface area contributed by atoms with Crippen LogP contribution < -0.4 is 0 Å². The molecule has 0 atom stereocenters. The highest BCUT2D eigenvalue weighted by molar-refractivity contribution is 5.82. The molecule has 0 N–H and O–H groups in total. The number of fused-ring (bicyclic) bond motifs is 1. The van der Waals surface area contributed by atoms with Gasteiger partial charge in [0.15, 0.2) is 0 Å². The Balaban J connectivity index is 2.29. The van der Waals surface area contributed by atoms with E-state index < -0.39 is 0 Å². The topological polar surface area (TPSA) is 22.4 Å². The van der Waals surface area contributed by atoms with Gasteiger partial charge in [0.1, 0.15) is 11.3 Å². The highest BCUT2D eigenvalue weighted by atomic mass is 16.5. The second kappa shape index (κ2) is 5.87. The van der Waals surface area contributed by atoms with Crippen molar-refractivity contribution in [2.45, 2.75) is 39.2 Å². The number of benzene rings is 1. The molecule has 2 aromatic rings. The summed E-state index contributed by atoms with van der Waals surface area (Å²) in [4.78, 5) is 0. The molecule has 0 aliphatic rings. The molecule has 1 aromatic heterocycles. The second-order valence-corrected chi connectivity index (χ2v) is 4.39. The maximum absolute atomic E-state index is 5.92. The lowest BCUT2D eigenvalue weighted by Gasteiger charge is -2.01. The lowest BCUT2D eigenvalue weighted by atomic mass is 10.1. The van der Waals surface area contributed by atoms with Crippen molar-refractivity contribution < 1.29 is 9.15 Å². The Morgan fingerprint density at radius 2 is 2.00 bits per heavy atom. The average Bonchev–Trinajstić information content (AvgIpc) is 2.69. The van der Waals surface area contributed by atoms with Crippen LogP contribution in [0, 0.1) is 0 Å². The van der Waals surface area contributed by atoms with E-state index in [4.69, 9.17) is 9.15 Å². The number of furan rings is 1. The maximum atomic E-state index is 5.92.